The van der Waals surface area contributed by atoms with Gasteiger partial charge in [-0.1, -0.05) is 23.7 Å². The van der Waals surface area contributed by atoms with Gasteiger partial charge in [0, 0.05) is 10.7 Å². The number of ether oxygens (including phenoxy) is 1. The van der Waals surface area contributed by atoms with Crippen LogP contribution < -0.4 is 14.4 Å². The summed E-state index contributed by atoms with van der Waals surface area (Å²) in [6, 6.07) is 9.30. The molecule has 0 heterocycles. The van der Waals surface area contributed by atoms with E-state index in [4.69, 9.17) is 16.3 Å². The molecule has 0 radical (unpaired) electrons. The number of rotatable bonds is 6. The zero-order valence-corrected chi connectivity index (χ0v) is 17.5. The van der Waals surface area contributed by atoms with Crippen molar-refractivity contribution in [1.29, 1.82) is 0 Å². The summed E-state index contributed by atoms with van der Waals surface area (Å²) in [4.78, 5) is 12.8. The van der Waals surface area contributed by atoms with Crippen molar-refractivity contribution in [3.63, 3.8) is 0 Å². The molecule has 6 nitrogen and oxygen atoms in total. The first kappa shape index (κ1) is 21.1. The van der Waals surface area contributed by atoms with Gasteiger partial charge in [-0.15, -0.1) is 0 Å². The minimum atomic E-state index is -3.76. The highest BCUT2D eigenvalue weighted by Crippen LogP contribution is 2.33. The van der Waals surface area contributed by atoms with Crippen molar-refractivity contribution in [2.45, 2.75) is 26.8 Å². The van der Waals surface area contributed by atoms with Gasteiger partial charge >= 0.3 is 0 Å². The van der Waals surface area contributed by atoms with Crippen molar-refractivity contribution in [3.8, 4) is 5.75 Å². The van der Waals surface area contributed by atoms with Gasteiger partial charge < -0.3 is 10.1 Å². The fraction of sp³-hybridized carbons (Fsp3) is 0.316. The number of methoxy groups -OCH3 is 1. The van der Waals surface area contributed by atoms with Crippen LogP contribution in [0.5, 0.6) is 5.75 Å². The van der Waals surface area contributed by atoms with Crippen LogP contribution in [0.3, 0.4) is 0 Å². The Kier molecular flexibility index (Phi) is 6.38. The molecule has 2 aromatic rings. The molecule has 0 spiro atoms. The van der Waals surface area contributed by atoms with Crippen LogP contribution in [0.1, 0.15) is 18.1 Å². The van der Waals surface area contributed by atoms with Crippen LogP contribution in [-0.2, 0) is 14.8 Å². The van der Waals surface area contributed by atoms with E-state index < -0.39 is 22.0 Å². The lowest BCUT2D eigenvalue weighted by atomic mass is 10.1. The zero-order chi connectivity index (χ0) is 20.4. The Morgan fingerprint density at radius 2 is 1.89 bits per heavy atom. The normalized spacial score (nSPS) is 12.4. The Hall–Kier alpha value is -2.25. The van der Waals surface area contributed by atoms with Crippen molar-refractivity contribution in [1.82, 2.24) is 0 Å². The topological polar surface area (TPSA) is 75.7 Å². The van der Waals surface area contributed by atoms with Crippen molar-refractivity contribution < 1.29 is 17.9 Å². The van der Waals surface area contributed by atoms with Crippen LogP contribution in [0.2, 0.25) is 5.02 Å². The fourth-order valence-corrected chi connectivity index (χ4v) is 4.08. The second-order valence-corrected chi connectivity index (χ2v) is 8.58. The summed E-state index contributed by atoms with van der Waals surface area (Å²) in [7, 11) is -2.30. The van der Waals surface area contributed by atoms with Gasteiger partial charge in [0.05, 0.1) is 19.1 Å². The molecule has 0 aliphatic carbocycles. The lowest BCUT2D eigenvalue weighted by molar-refractivity contribution is -0.116. The Balaban J connectivity index is 2.44. The summed E-state index contributed by atoms with van der Waals surface area (Å²) in [6.07, 6.45) is 1.06. The van der Waals surface area contributed by atoms with Crippen LogP contribution in [0.15, 0.2) is 36.4 Å². The number of nitrogens with zero attached hydrogens (tertiary/aromatic N) is 1. The predicted octanol–water partition coefficient (Wildman–Crippen LogP) is 3.76. The quantitative estimate of drug-likeness (QED) is 0.786. The SMILES string of the molecule is COc1ccc(C)cc1N([C@@H](C)C(=O)Nc1cccc(Cl)c1C)S(C)(=O)=O. The van der Waals surface area contributed by atoms with Crippen molar-refractivity contribution in [2.75, 3.05) is 23.0 Å². The third kappa shape index (κ3) is 4.73. The second kappa shape index (κ2) is 8.19. The lowest BCUT2D eigenvalue weighted by Gasteiger charge is -2.29. The Labute approximate surface area is 165 Å². The molecule has 1 N–H and O–H groups in total. The van der Waals surface area contributed by atoms with Crippen LogP contribution in [0.25, 0.3) is 0 Å². The molecule has 8 heteroatoms. The van der Waals surface area contributed by atoms with Gasteiger partial charge in [0.2, 0.25) is 15.9 Å². The van der Waals surface area contributed by atoms with Crippen LogP contribution in [-0.4, -0.2) is 33.7 Å². The highest BCUT2D eigenvalue weighted by Gasteiger charge is 2.31. The van der Waals surface area contributed by atoms with E-state index >= 15 is 0 Å². The van der Waals surface area contributed by atoms with Gasteiger partial charge in [-0.2, -0.15) is 0 Å². The number of halogens is 1. The number of hydrogen-bond donors (Lipinski definition) is 1. The molecule has 0 aromatic heterocycles. The van der Waals surface area contributed by atoms with Gasteiger partial charge in [-0.25, -0.2) is 8.42 Å². The number of aryl methyl sites for hydroxylation is 1. The minimum absolute atomic E-state index is 0.311. The maximum atomic E-state index is 12.8. The van der Waals surface area contributed by atoms with E-state index in [9.17, 15) is 13.2 Å². The molecule has 1 atom stereocenters. The summed E-state index contributed by atoms with van der Waals surface area (Å²) < 4.78 is 31.4. The summed E-state index contributed by atoms with van der Waals surface area (Å²) >= 11 is 6.09. The molecule has 27 heavy (non-hydrogen) atoms. The summed E-state index contributed by atoms with van der Waals surface area (Å²) in [5.41, 5.74) is 2.39. The Morgan fingerprint density at radius 3 is 2.48 bits per heavy atom. The van der Waals surface area contributed by atoms with E-state index in [-0.39, 0.29) is 0 Å². The average molecular weight is 411 g/mol. The van der Waals surface area contributed by atoms with Crippen molar-refractivity contribution in [2.24, 2.45) is 0 Å². The molecule has 0 bridgehead atoms. The molecule has 0 aliphatic rings. The standard InChI is InChI=1S/C19H23ClN2O4S/c1-12-9-10-18(26-4)17(11-12)22(27(5,24)25)14(3)19(23)21-16-8-6-7-15(20)13(16)2/h6-11,14H,1-5H3,(H,21,23)/t14-/m0/s1. The number of nitrogens with one attached hydrogen (secondary N) is 1. The monoisotopic (exact) mass is 410 g/mol. The summed E-state index contributed by atoms with van der Waals surface area (Å²) in [6.45, 7) is 5.14. The van der Waals surface area contributed by atoms with Crippen LogP contribution >= 0.6 is 11.6 Å². The maximum Gasteiger partial charge on any atom is 0.248 e. The first-order chi connectivity index (χ1) is 12.6. The third-order valence-electron chi connectivity index (χ3n) is 4.19. The molecule has 2 aromatic carbocycles. The predicted molar refractivity (Wildman–Crippen MR) is 109 cm³/mol. The Morgan fingerprint density at radius 1 is 1.22 bits per heavy atom. The number of hydrogen-bond acceptors (Lipinski definition) is 4. The number of amides is 1. The number of anilines is 2. The molecule has 2 rings (SSSR count). The third-order valence-corrected chi connectivity index (χ3v) is 5.82. The highest BCUT2D eigenvalue weighted by molar-refractivity contribution is 7.92. The van der Waals surface area contributed by atoms with Gasteiger partial charge in [-0.3, -0.25) is 9.10 Å². The minimum Gasteiger partial charge on any atom is -0.495 e. The highest BCUT2D eigenvalue weighted by atomic mass is 35.5. The molecular formula is C19H23ClN2O4S. The number of benzene rings is 2. The van der Waals surface area contributed by atoms with E-state index in [2.05, 4.69) is 5.32 Å². The molecule has 0 aliphatic heterocycles. The van der Waals surface area contributed by atoms with E-state index in [0.29, 0.717) is 27.7 Å². The molecule has 1 amide bonds. The molecule has 0 unspecified atom stereocenters. The first-order valence-electron chi connectivity index (χ1n) is 8.26. The van der Waals surface area contributed by atoms with E-state index in [1.165, 1.54) is 14.0 Å². The average Bonchev–Trinajstić information content (AvgIpc) is 2.58. The van der Waals surface area contributed by atoms with Gasteiger partial charge in [0.15, 0.2) is 0 Å². The largest absolute Gasteiger partial charge is 0.495 e. The lowest BCUT2D eigenvalue weighted by Crippen LogP contribution is -2.45. The van der Waals surface area contributed by atoms with E-state index in [1.807, 2.05) is 13.0 Å². The van der Waals surface area contributed by atoms with Crippen molar-refractivity contribution in [3.05, 3.63) is 52.5 Å². The molecule has 146 valence electrons. The number of carbonyl (C=O) groups is 1. The Bertz CT molecular complexity index is 960. The van der Waals surface area contributed by atoms with E-state index in [1.54, 1.807) is 37.3 Å². The maximum absolute atomic E-state index is 12.8. The summed E-state index contributed by atoms with van der Waals surface area (Å²) in [5, 5.41) is 3.27. The number of carbonyl (C=O) groups excluding carboxylic acids is 1. The molecule has 0 saturated heterocycles. The summed E-state index contributed by atoms with van der Waals surface area (Å²) in [5.74, 6) is -0.112. The first-order valence-corrected chi connectivity index (χ1v) is 10.5. The van der Waals surface area contributed by atoms with Crippen LogP contribution in [0.4, 0.5) is 11.4 Å². The molecule has 0 fully saturated rings. The van der Waals surface area contributed by atoms with Gasteiger partial charge in [0.1, 0.15) is 11.8 Å². The van der Waals surface area contributed by atoms with Gasteiger partial charge in [0.25, 0.3) is 0 Å². The fourth-order valence-electron chi connectivity index (χ4n) is 2.73. The smallest absolute Gasteiger partial charge is 0.248 e. The zero-order valence-electron chi connectivity index (χ0n) is 15.9. The second-order valence-electron chi connectivity index (χ2n) is 6.31. The number of sulfonamides is 1. The van der Waals surface area contributed by atoms with Crippen molar-refractivity contribution >= 4 is 38.9 Å². The molecular weight excluding hydrogens is 388 g/mol. The van der Waals surface area contributed by atoms with Crippen LogP contribution in [0, 0.1) is 13.8 Å². The van der Waals surface area contributed by atoms with Gasteiger partial charge in [-0.05, 0) is 56.2 Å². The van der Waals surface area contributed by atoms with E-state index in [0.717, 1.165) is 16.1 Å². The molecule has 0 saturated carbocycles.